The van der Waals surface area contributed by atoms with Crippen molar-refractivity contribution in [1.82, 2.24) is 10.4 Å². The van der Waals surface area contributed by atoms with Gasteiger partial charge in [0.25, 0.3) is 11.8 Å². The molecule has 0 aromatic heterocycles. The number of nitrogens with one attached hydrogen (secondary N) is 1. The Hall–Kier alpha value is -3.17. The highest BCUT2D eigenvalue weighted by molar-refractivity contribution is 8.26. The summed E-state index contributed by atoms with van der Waals surface area (Å²) < 4.78 is 5.43. The summed E-state index contributed by atoms with van der Waals surface area (Å²) in [7, 11) is 0. The summed E-state index contributed by atoms with van der Waals surface area (Å²) in [6, 6.07) is 13.6. The third-order valence-electron chi connectivity index (χ3n) is 3.88. The molecule has 0 atom stereocenters. The van der Waals surface area contributed by atoms with Crippen molar-refractivity contribution in [2.45, 2.75) is 6.92 Å². The quantitative estimate of drug-likeness (QED) is 0.539. The third-order valence-corrected chi connectivity index (χ3v) is 5.18. The van der Waals surface area contributed by atoms with E-state index in [2.05, 4.69) is 5.43 Å². The monoisotopic (exact) mass is 428 g/mol. The molecule has 148 valence electrons. The van der Waals surface area contributed by atoms with Gasteiger partial charge in [-0.3, -0.25) is 15.0 Å². The van der Waals surface area contributed by atoms with Crippen LogP contribution in [0.25, 0.3) is 6.08 Å². The van der Waals surface area contributed by atoms with Gasteiger partial charge < -0.3 is 9.84 Å². The van der Waals surface area contributed by atoms with Gasteiger partial charge in [-0.05, 0) is 43.4 Å². The van der Waals surface area contributed by atoms with Gasteiger partial charge in [-0.25, -0.2) is 4.79 Å². The minimum Gasteiger partial charge on any atom is -0.481 e. The Labute approximate surface area is 176 Å². The minimum absolute atomic E-state index is 0.186. The fourth-order valence-corrected chi connectivity index (χ4v) is 3.62. The van der Waals surface area contributed by atoms with Crippen LogP contribution in [-0.4, -0.2) is 38.8 Å². The molecule has 1 fully saturated rings. The lowest BCUT2D eigenvalue weighted by Gasteiger charge is -2.15. The summed E-state index contributed by atoms with van der Waals surface area (Å²) >= 11 is 6.25. The lowest BCUT2D eigenvalue weighted by molar-refractivity contribution is -0.139. The predicted octanol–water partition coefficient (Wildman–Crippen LogP) is 3.00. The van der Waals surface area contributed by atoms with E-state index in [1.807, 2.05) is 6.92 Å². The summed E-state index contributed by atoms with van der Waals surface area (Å²) in [6.45, 7) is 1.41. The number of nitrogens with zero attached hydrogens (tertiary/aromatic N) is 1. The van der Waals surface area contributed by atoms with E-state index in [0.29, 0.717) is 16.9 Å². The van der Waals surface area contributed by atoms with E-state index in [4.69, 9.17) is 22.1 Å². The van der Waals surface area contributed by atoms with E-state index < -0.39 is 24.4 Å². The number of ether oxygens (including phenoxy) is 1. The second kappa shape index (κ2) is 8.89. The molecular weight excluding hydrogens is 412 g/mol. The summed E-state index contributed by atoms with van der Waals surface area (Å²) in [6.07, 6.45) is 1.55. The number of carboxylic acids is 1. The molecule has 2 aromatic rings. The van der Waals surface area contributed by atoms with Gasteiger partial charge in [-0.15, -0.1) is 0 Å². The molecule has 0 bridgehead atoms. The fraction of sp³-hybridized carbons (Fsp3) is 0.100. The summed E-state index contributed by atoms with van der Waals surface area (Å²) in [4.78, 5) is 36.1. The standard InChI is InChI=1S/C20H16N2O5S2/c1-12-6-8-13(9-7-12)18(25)21-22-19(26)16(29-20(22)28)10-14-4-2-3-5-15(14)27-11-17(23)24/h2-10H,11H2,1H3,(H,21,25)(H,23,24). The van der Waals surface area contributed by atoms with Gasteiger partial charge in [0.2, 0.25) is 0 Å². The number of amides is 2. The molecule has 1 heterocycles. The van der Waals surface area contributed by atoms with Crippen molar-refractivity contribution in [1.29, 1.82) is 0 Å². The fourth-order valence-electron chi connectivity index (χ4n) is 2.45. The first-order valence-electron chi connectivity index (χ1n) is 8.44. The predicted molar refractivity (Wildman–Crippen MR) is 113 cm³/mol. The molecule has 0 aliphatic carbocycles. The molecule has 2 N–H and O–H groups in total. The van der Waals surface area contributed by atoms with Crippen molar-refractivity contribution in [3.63, 3.8) is 0 Å². The van der Waals surface area contributed by atoms with Gasteiger partial charge in [-0.2, -0.15) is 5.01 Å². The lowest BCUT2D eigenvalue weighted by atomic mass is 10.1. The summed E-state index contributed by atoms with van der Waals surface area (Å²) in [5, 5.41) is 9.81. The number of hydrogen-bond donors (Lipinski definition) is 2. The molecule has 1 saturated heterocycles. The minimum atomic E-state index is -1.11. The topological polar surface area (TPSA) is 95.9 Å². The lowest BCUT2D eigenvalue weighted by Crippen LogP contribution is -2.44. The average Bonchev–Trinajstić information content (AvgIpc) is 2.95. The van der Waals surface area contributed by atoms with Crippen molar-refractivity contribution < 1.29 is 24.2 Å². The van der Waals surface area contributed by atoms with Crippen molar-refractivity contribution in [3.05, 3.63) is 70.1 Å². The zero-order valence-electron chi connectivity index (χ0n) is 15.2. The number of carboxylic acid groups (broad SMARTS) is 1. The van der Waals surface area contributed by atoms with E-state index >= 15 is 0 Å². The molecule has 3 rings (SSSR count). The number of hydrazine groups is 1. The third kappa shape index (κ3) is 5.01. The Morgan fingerprint density at radius 2 is 1.90 bits per heavy atom. The van der Waals surface area contributed by atoms with Crippen LogP contribution >= 0.6 is 24.0 Å². The van der Waals surface area contributed by atoms with Gasteiger partial charge in [-0.1, -0.05) is 47.7 Å². The van der Waals surface area contributed by atoms with Crippen molar-refractivity contribution in [2.24, 2.45) is 0 Å². The molecule has 0 radical (unpaired) electrons. The molecule has 0 saturated carbocycles. The first kappa shape index (κ1) is 20.6. The number of hydrogen-bond acceptors (Lipinski definition) is 6. The zero-order chi connectivity index (χ0) is 21.0. The first-order chi connectivity index (χ1) is 13.8. The number of carbonyl (C=O) groups excluding carboxylic acids is 2. The second-order valence-corrected chi connectivity index (χ2v) is 7.72. The number of carbonyl (C=O) groups is 3. The maximum absolute atomic E-state index is 12.7. The van der Waals surface area contributed by atoms with Crippen LogP contribution in [0.15, 0.2) is 53.4 Å². The van der Waals surface area contributed by atoms with E-state index in [0.717, 1.165) is 22.3 Å². The van der Waals surface area contributed by atoms with Gasteiger partial charge in [0, 0.05) is 11.1 Å². The number of thioether (sulfide) groups is 1. The molecular formula is C20H16N2O5S2. The second-order valence-electron chi connectivity index (χ2n) is 6.04. The number of benzene rings is 2. The van der Waals surface area contributed by atoms with Crippen molar-refractivity contribution in [2.75, 3.05) is 6.61 Å². The summed E-state index contributed by atoms with van der Waals surface area (Å²) in [5.74, 6) is -1.71. The van der Waals surface area contributed by atoms with Gasteiger partial charge in [0.1, 0.15) is 5.75 Å². The van der Waals surface area contributed by atoms with Crippen LogP contribution in [0.5, 0.6) is 5.75 Å². The van der Waals surface area contributed by atoms with Gasteiger partial charge in [0.05, 0.1) is 4.91 Å². The molecule has 1 aliphatic rings. The molecule has 7 nitrogen and oxygen atoms in total. The molecule has 2 aromatic carbocycles. The average molecular weight is 428 g/mol. The van der Waals surface area contributed by atoms with Crippen LogP contribution < -0.4 is 10.2 Å². The zero-order valence-corrected chi connectivity index (χ0v) is 16.9. The Kier molecular flexibility index (Phi) is 6.30. The molecule has 2 amide bonds. The first-order valence-corrected chi connectivity index (χ1v) is 9.67. The van der Waals surface area contributed by atoms with Crippen LogP contribution in [-0.2, 0) is 9.59 Å². The molecule has 29 heavy (non-hydrogen) atoms. The number of rotatable bonds is 6. The van der Waals surface area contributed by atoms with E-state index in [-0.39, 0.29) is 9.23 Å². The van der Waals surface area contributed by atoms with E-state index in [9.17, 15) is 14.4 Å². The Morgan fingerprint density at radius 1 is 1.21 bits per heavy atom. The van der Waals surface area contributed by atoms with E-state index in [1.165, 1.54) is 0 Å². The number of aryl methyl sites for hydroxylation is 1. The Bertz CT molecular complexity index is 1020. The molecule has 9 heteroatoms. The largest absolute Gasteiger partial charge is 0.481 e. The SMILES string of the molecule is Cc1ccc(C(=O)NN2C(=O)C(=Cc3ccccc3OCC(=O)O)SC2=S)cc1. The smallest absolute Gasteiger partial charge is 0.341 e. The van der Waals surface area contributed by atoms with Crippen LogP contribution in [0.1, 0.15) is 21.5 Å². The Balaban J connectivity index is 1.77. The van der Waals surface area contributed by atoms with Crippen molar-refractivity contribution >= 4 is 52.2 Å². The van der Waals surface area contributed by atoms with Crippen LogP contribution in [0, 0.1) is 6.92 Å². The number of aliphatic carboxylic acids is 1. The maximum Gasteiger partial charge on any atom is 0.341 e. The highest BCUT2D eigenvalue weighted by Gasteiger charge is 2.34. The highest BCUT2D eigenvalue weighted by atomic mass is 32.2. The molecule has 1 aliphatic heterocycles. The molecule has 0 unspecified atom stereocenters. The van der Waals surface area contributed by atoms with Crippen molar-refractivity contribution in [3.8, 4) is 5.75 Å². The Morgan fingerprint density at radius 3 is 2.59 bits per heavy atom. The highest BCUT2D eigenvalue weighted by Crippen LogP contribution is 2.33. The van der Waals surface area contributed by atoms with Gasteiger partial charge >= 0.3 is 5.97 Å². The summed E-state index contributed by atoms with van der Waals surface area (Å²) in [5.41, 5.74) is 4.46. The molecule has 0 spiro atoms. The van der Waals surface area contributed by atoms with Crippen LogP contribution in [0.3, 0.4) is 0 Å². The number of thiocarbonyl (C=S) groups is 1. The van der Waals surface area contributed by atoms with E-state index in [1.54, 1.807) is 54.6 Å². The van der Waals surface area contributed by atoms with Gasteiger partial charge in [0.15, 0.2) is 10.9 Å². The number of para-hydroxylation sites is 1. The normalized spacial score (nSPS) is 14.9. The maximum atomic E-state index is 12.7. The van der Waals surface area contributed by atoms with Crippen LogP contribution in [0.2, 0.25) is 0 Å². The van der Waals surface area contributed by atoms with Crippen LogP contribution in [0.4, 0.5) is 0 Å².